The third-order valence-corrected chi connectivity index (χ3v) is 2.62. The van der Waals surface area contributed by atoms with Crippen LogP contribution in [0.3, 0.4) is 0 Å². The minimum atomic E-state index is -4.48. The van der Waals surface area contributed by atoms with Gasteiger partial charge in [0.1, 0.15) is 0 Å². The van der Waals surface area contributed by atoms with Crippen molar-refractivity contribution in [1.29, 1.82) is 0 Å². The molecule has 3 nitrogen and oxygen atoms in total. The van der Waals surface area contributed by atoms with Crippen molar-refractivity contribution < 1.29 is 23.1 Å². The first-order chi connectivity index (χ1) is 9.38. The summed E-state index contributed by atoms with van der Waals surface area (Å²) in [7, 11) is 0. The van der Waals surface area contributed by atoms with Crippen molar-refractivity contribution in [1.82, 2.24) is 0 Å². The summed E-state index contributed by atoms with van der Waals surface area (Å²) in [5.74, 6) is -1.14. The smallest absolute Gasteiger partial charge is 0.418 e. The fraction of sp³-hybridized carbons (Fsp3) is 0.0714. The molecular weight excluding hydrogens is 271 g/mol. The molecule has 2 aromatic rings. The lowest BCUT2D eigenvalue weighted by atomic mass is 10.1. The Morgan fingerprint density at radius 3 is 2.40 bits per heavy atom. The van der Waals surface area contributed by atoms with Crippen LogP contribution in [0.4, 0.5) is 24.5 Å². The Hall–Kier alpha value is -2.50. The van der Waals surface area contributed by atoms with Crippen molar-refractivity contribution >= 4 is 17.3 Å². The van der Waals surface area contributed by atoms with E-state index in [1.54, 1.807) is 0 Å². The third-order valence-electron chi connectivity index (χ3n) is 2.62. The lowest BCUT2D eigenvalue weighted by Crippen LogP contribution is -2.08. The van der Waals surface area contributed by atoms with E-state index in [9.17, 15) is 18.0 Å². The van der Waals surface area contributed by atoms with Crippen LogP contribution < -0.4 is 5.32 Å². The topological polar surface area (TPSA) is 49.3 Å². The number of anilines is 2. The third kappa shape index (κ3) is 3.09. The number of halogens is 3. The monoisotopic (exact) mass is 281 g/mol. The maximum Gasteiger partial charge on any atom is 0.418 e. The van der Waals surface area contributed by atoms with E-state index in [1.807, 2.05) is 0 Å². The zero-order valence-corrected chi connectivity index (χ0v) is 10.1. The Bertz CT molecular complexity index is 638. The van der Waals surface area contributed by atoms with Crippen LogP contribution in [0.25, 0.3) is 0 Å². The molecule has 20 heavy (non-hydrogen) atoms. The molecule has 0 amide bonds. The largest absolute Gasteiger partial charge is 0.478 e. The van der Waals surface area contributed by atoms with Crippen LogP contribution in [-0.2, 0) is 6.18 Å². The van der Waals surface area contributed by atoms with Gasteiger partial charge in [0, 0.05) is 5.69 Å². The van der Waals surface area contributed by atoms with Gasteiger partial charge in [-0.2, -0.15) is 13.2 Å². The summed E-state index contributed by atoms with van der Waals surface area (Å²) in [5, 5.41) is 11.4. The molecule has 2 rings (SSSR count). The van der Waals surface area contributed by atoms with Crippen LogP contribution in [0, 0.1) is 0 Å². The van der Waals surface area contributed by atoms with Crippen molar-refractivity contribution in [3.8, 4) is 0 Å². The van der Waals surface area contributed by atoms with E-state index in [0.29, 0.717) is 0 Å². The Labute approximate surface area is 112 Å². The highest BCUT2D eigenvalue weighted by molar-refractivity contribution is 5.89. The fourth-order valence-electron chi connectivity index (χ4n) is 1.72. The summed E-state index contributed by atoms with van der Waals surface area (Å²) in [5.41, 5.74) is -0.649. The van der Waals surface area contributed by atoms with E-state index in [-0.39, 0.29) is 16.9 Å². The van der Waals surface area contributed by atoms with Gasteiger partial charge < -0.3 is 10.4 Å². The second-order valence-electron chi connectivity index (χ2n) is 4.05. The first kappa shape index (κ1) is 13.9. The van der Waals surface area contributed by atoms with Gasteiger partial charge in [0.15, 0.2) is 0 Å². The molecule has 0 spiro atoms. The minimum Gasteiger partial charge on any atom is -0.478 e. The highest BCUT2D eigenvalue weighted by Crippen LogP contribution is 2.35. The van der Waals surface area contributed by atoms with Gasteiger partial charge in [-0.15, -0.1) is 0 Å². The zero-order chi connectivity index (χ0) is 14.8. The second-order valence-corrected chi connectivity index (χ2v) is 4.05. The Kier molecular flexibility index (Phi) is 3.65. The predicted octanol–water partition coefficient (Wildman–Crippen LogP) is 4.15. The average Bonchev–Trinajstić information content (AvgIpc) is 2.38. The van der Waals surface area contributed by atoms with Crippen LogP contribution in [0.15, 0.2) is 48.5 Å². The molecule has 0 bridgehead atoms. The van der Waals surface area contributed by atoms with Crippen LogP contribution in [0.5, 0.6) is 0 Å². The molecular formula is C14H10F3NO2. The molecule has 6 heteroatoms. The molecule has 0 radical (unpaired) electrons. The van der Waals surface area contributed by atoms with E-state index in [2.05, 4.69) is 5.32 Å². The molecule has 0 atom stereocenters. The summed E-state index contributed by atoms with van der Waals surface area (Å²) in [4.78, 5) is 10.8. The number of alkyl halides is 3. The predicted molar refractivity (Wildman–Crippen MR) is 68.1 cm³/mol. The molecule has 0 heterocycles. The van der Waals surface area contributed by atoms with Crippen LogP contribution in [-0.4, -0.2) is 11.1 Å². The molecule has 0 saturated heterocycles. The molecule has 0 unspecified atom stereocenters. The molecule has 0 fully saturated rings. The highest BCUT2D eigenvalue weighted by atomic mass is 19.4. The van der Waals surface area contributed by atoms with Gasteiger partial charge in [0.25, 0.3) is 0 Å². The van der Waals surface area contributed by atoms with Crippen molar-refractivity contribution in [2.75, 3.05) is 5.32 Å². The Balaban J connectivity index is 2.36. The summed E-state index contributed by atoms with van der Waals surface area (Å²) in [6, 6.07) is 10.6. The maximum absolute atomic E-state index is 12.8. The van der Waals surface area contributed by atoms with Crippen molar-refractivity contribution in [2.24, 2.45) is 0 Å². The van der Waals surface area contributed by atoms with E-state index in [4.69, 9.17) is 5.11 Å². The summed E-state index contributed by atoms with van der Waals surface area (Å²) in [6.45, 7) is 0. The Morgan fingerprint density at radius 1 is 1.05 bits per heavy atom. The number of carboxylic acids is 1. The van der Waals surface area contributed by atoms with Gasteiger partial charge >= 0.3 is 12.1 Å². The van der Waals surface area contributed by atoms with Crippen molar-refractivity contribution in [3.63, 3.8) is 0 Å². The number of carboxylic acid groups (broad SMARTS) is 1. The number of para-hydroxylation sites is 1. The number of hydrogen-bond acceptors (Lipinski definition) is 2. The standard InChI is InChI=1S/C14H10F3NO2/c15-14(16,17)11-6-1-2-7-12(11)18-10-5-3-4-9(8-10)13(19)20/h1-8,18H,(H,19,20). The van der Waals surface area contributed by atoms with Gasteiger partial charge in [-0.3, -0.25) is 0 Å². The van der Waals surface area contributed by atoms with Crippen molar-refractivity contribution in [3.05, 3.63) is 59.7 Å². The molecule has 2 aromatic carbocycles. The van der Waals surface area contributed by atoms with E-state index in [0.717, 1.165) is 6.07 Å². The van der Waals surface area contributed by atoms with Crippen LogP contribution in [0.2, 0.25) is 0 Å². The van der Waals surface area contributed by atoms with Gasteiger partial charge in [-0.05, 0) is 30.3 Å². The first-order valence-corrected chi connectivity index (χ1v) is 5.64. The highest BCUT2D eigenvalue weighted by Gasteiger charge is 2.33. The summed E-state index contributed by atoms with van der Waals surface area (Å²) in [6.07, 6.45) is -4.48. The quantitative estimate of drug-likeness (QED) is 0.888. The molecule has 2 N–H and O–H groups in total. The average molecular weight is 281 g/mol. The molecule has 0 saturated carbocycles. The minimum absolute atomic E-state index is 0.000472. The number of hydrogen-bond donors (Lipinski definition) is 2. The van der Waals surface area contributed by atoms with E-state index in [1.165, 1.54) is 42.5 Å². The van der Waals surface area contributed by atoms with Gasteiger partial charge in [0.2, 0.25) is 0 Å². The van der Waals surface area contributed by atoms with E-state index < -0.39 is 17.7 Å². The number of carbonyl (C=O) groups is 1. The number of benzene rings is 2. The number of nitrogens with one attached hydrogen (secondary N) is 1. The van der Waals surface area contributed by atoms with Gasteiger partial charge in [-0.1, -0.05) is 18.2 Å². The molecule has 0 aliphatic heterocycles. The first-order valence-electron chi connectivity index (χ1n) is 5.64. The van der Waals surface area contributed by atoms with Gasteiger partial charge in [-0.25, -0.2) is 4.79 Å². The van der Waals surface area contributed by atoms with Gasteiger partial charge in [0.05, 0.1) is 16.8 Å². The van der Waals surface area contributed by atoms with Crippen molar-refractivity contribution in [2.45, 2.75) is 6.18 Å². The second kappa shape index (κ2) is 5.24. The number of rotatable bonds is 3. The summed E-state index contributed by atoms with van der Waals surface area (Å²) < 4.78 is 38.5. The SMILES string of the molecule is O=C(O)c1cccc(Nc2ccccc2C(F)(F)F)c1. The fourth-order valence-corrected chi connectivity index (χ4v) is 1.72. The lowest BCUT2D eigenvalue weighted by molar-refractivity contribution is -0.136. The normalized spacial score (nSPS) is 11.2. The molecule has 0 aliphatic carbocycles. The molecule has 0 aliphatic rings. The van der Waals surface area contributed by atoms with Crippen LogP contribution >= 0.6 is 0 Å². The summed E-state index contributed by atoms with van der Waals surface area (Å²) >= 11 is 0. The maximum atomic E-state index is 12.8. The molecule has 0 aromatic heterocycles. The van der Waals surface area contributed by atoms with Crippen LogP contribution in [0.1, 0.15) is 15.9 Å². The molecule has 104 valence electrons. The van der Waals surface area contributed by atoms with E-state index >= 15 is 0 Å². The Morgan fingerprint density at radius 2 is 1.75 bits per heavy atom. The number of aromatic carboxylic acids is 1. The zero-order valence-electron chi connectivity index (χ0n) is 10.1. The lowest BCUT2D eigenvalue weighted by Gasteiger charge is -2.14.